The number of H-pyrrole nitrogens is 1. The van der Waals surface area contributed by atoms with Gasteiger partial charge in [-0.2, -0.15) is 10.2 Å². The Hall–Kier alpha value is -4.39. The number of aryl methyl sites for hydroxylation is 2. The van der Waals surface area contributed by atoms with Crippen LogP contribution in [-0.4, -0.2) is 36.8 Å². The van der Waals surface area contributed by atoms with E-state index in [4.69, 9.17) is 10.2 Å². The molecule has 178 valence electrons. The number of nitrogens with zero attached hydrogens (tertiary/aromatic N) is 4. The molecular weight excluding hydrogens is 480 g/mol. The summed E-state index contributed by atoms with van der Waals surface area (Å²) in [5.41, 5.74) is 7.12. The van der Waals surface area contributed by atoms with Crippen molar-refractivity contribution in [2.24, 2.45) is 12.8 Å². The number of aromatic nitrogens is 5. The third kappa shape index (κ3) is 3.95. The number of aromatic amines is 1. The highest BCUT2D eigenvalue weighted by Gasteiger charge is 2.27. The van der Waals surface area contributed by atoms with E-state index >= 15 is 0 Å². The van der Waals surface area contributed by atoms with Gasteiger partial charge in [-0.3, -0.25) is 19.4 Å². The summed E-state index contributed by atoms with van der Waals surface area (Å²) in [5, 5.41) is 14.0. The molecule has 0 fully saturated rings. The normalized spacial score (nSPS) is 11.5. The maximum absolute atomic E-state index is 13.7. The molecule has 0 spiro atoms. The molecule has 0 bridgehead atoms. The van der Waals surface area contributed by atoms with Crippen LogP contribution >= 0.6 is 11.3 Å². The van der Waals surface area contributed by atoms with Crippen molar-refractivity contribution >= 4 is 39.1 Å². The van der Waals surface area contributed by atoms with Crippen molar-refractivity contribution in [2.75, 3.05) is 5.32 Å². The number of halogens is 2. The highest BCUT2D eigenvalue weighted by molar-refractivity contribution is 7.21. The first-order chi connectivity index (χ1) is 16.7. The van der Waals surface area contributed by atoms with E-state index in [1.54, 1.807) is 37.0 Å². The number of carbonyl (C=O) groups excluding carboxylic acids is 2. The van der Waals surface area contributed by atoms with E-state index in [1.165, 1.54) is 18.4 Å². The van der Waals surface area contributed by atoms with E-state index in [2.05, 4.69) is 25.6 Å². The summed E-state index contributed by atoms with van der Waals surface area (Å²) in [5.74, 6) is -1.00. The molecule has 35 heavy (non-hydrogen) atoms. The smallest absolute Gasteiger partial charge is 0.280 e. The molecule has 0 aliphatic heterocycles. The lowest BCUT2D eigenvalue weighted by molar-refractivity contribution is 0.100. The van der Waals surface area contributed by atoms with Crippen LogP contribution in [0.15, 0.2) is 41.1 Å². The number of amides is 2. The number of hydrogen-bond acceptors (Lipinski definition) is 7. The third-order valence-corrected chi connectivity index (χ3v) is 6.37. The van der Waals surface area contributed by atoms with Gasteiger partial charge < -0.3 is 15.5 Å². The molecule has 0 aliphatic carbocycles. The largest absolute Gasteiger partial charge is 0.463 e. The standard InChI is InChI=1S/C22H17F2N7O3S/c1-9-11(8-31(2)30-9)10-6-13(19(23)24)26-22-16(10)17(18(35-22)20(25)32)27-21(33)14-7-12(28-29-14)15-4-3-5-34-15/h3-8,19H,1-2H3,(H2,25,32)(H,27,33)(H,28,29). The minimum Gasteiger partial charge on any atom is -0.463 e. The van der Waals surface area contributed by atoms with Gasteiger partial charge in [-0.1, -0.05) is 0 Å². The van der Waals surface area contributed by atoms with Crippen molar-refractivity contribution in [2.45, 2.75) is 13.3 Å². The Bertz CT molecular complexity index is 1580. The Kier molecular flexibility index (Phi) is 5.40. The Morgan fingerprint density at radius 2 is 2.09 bits per heavy atom. The second-order valence-corrected chi connectivity index (χ2v) is 8.65. The lowest BCUT2D eigenvalue weighted by Crippen LogP contribution is -2.17. The molecule has 0 aliphatic rings. The topological polar surface area (TPSA) is 145 Å². The molecular formula is C22H17F2N7O3S. The van der Waals surface area contributed by atoms with Gasteiger partial charge >= 0.3 is 0 Å². The fourth-order valence-electron chi connectivity index (χ4n) is 3.77. The van der Waals surface area contributed by atoms with Crippen LogP contribution in [0.25, 0.3) is 32.8 Å². The van der Waals surface area contributed by atoms with Crippen molar-refractivity contribution < 1.29 is 22.8 Å². The minimum atomic E-state index is -2.85. The fraction of sp³-hybridized carbons (Fsp3) is 0.136. The monoisotopic (exact) mass is 497 g/mol. The third-order valence-electron chi connectivity index (χ3n) is 5.27. The first-order valence-corrected chi connectivity index (χ1v) is 11.0. The molecule has 5 aromatic rings. The van der Waals surface area contributed by atoms with Gasteiger partial charge in [-0.25, -0.2) is 13.8 Å². The van der Waals surface area contributed by atoms with Gasteiger partial charge in [-0.05, 0) is 30.7 Å². The molecule has 0 radical (unpaired) electrons. The molecule has 4 N–H and O–H groups in total. The van der Waals surface area contributed by atoms with Crippen LogP contribution < -0.4 is 11.1 Å². The summed E-state index contributed by atoms with van der Waals surface area (Å²) in [7, 11) is 1.70. The average Bonchev–Trinajstić information content (AvgIpc) is 3.59. The molecule has 5 heterocycles. The first kappa shape index (κ1) is 22.4. The van der Waals surface area contributed by atoms with Crippen LogP contribution in [0, 0.1) is 6.92 Å². The SMILES string of the molecule is Cc1nn(C)cc1-c1cc(C(F)F)nc2sc(C(N)=O)c(NC(=O)c3cc(-c4ccco4)[nH]n3)c12. The number of furan rings is 1. The highest BCUT2D eigenvalue weighted by atomic mass is 32.1. The Morgan fingerprint density at radius 1 is 1.29 bits per heavy atom. The van der Waals surface area contributed by atoms with Crippen molar-refractivity contribution in [1.29, 1.82) is 0 Å². The predicted octanol–water partition coefficient (Wildman–Crippen LogP) is 4.28. The van der Waals surface area contributed by atoms with E-state index < -0.39 is 23.9 Å². The zero-order valence-corrected chi connectivity index (χ0v) is 19.1. The second-order valence-electron chi connectivity index (χ2n) is 7.65. The summed E-state index contributed by atoms with van der Waals surface area (Å²) in [4.78, 5) is 29.5. The lowest BCUT2D eigenvalue weighted by atomic mass is 10.0. The number of hydrogen-bond donors (Lipinski definition) is 3. The van der Waals surface area contributed by atoms with Gasteiger partial charge in [-0.15, -0.1) is 11.3 Å². The van der Waals surface area contributed by atoms with Crippen LogP contribution in [0.3, 0.4) is 0 Å². The quantitative estimate of drug-likeness (QED) is 0.319. The van der Waals surface area contributed by atoms with Crippen molar-refractivity contribution in [3.63, 3.8) is 0 Å². The van der Waals surface area contributed by atoms with Crippen LogP contribution in [-0.2, 0) is 7.05 Å². The highest BCUT2D eigenvalue weighted by Crippen LogP contribution is 2.43. The molecule has 2 amide bonds. The van der Waals surface area contributed by atoms with Gasteiger partial charge in [0.25, 0.3) is 18.2 Å². The zero-order chi connectivity index (χ0) is 24.9. The number of primary amides is 1. The number of nitrogens with two attached hydrogens (primary N) is 1. The first-order valence-electron chi connectivity index (χ1n) is 10.2. The van der Waals surface area contributed by atoms with E-state index in [-0.39, 0.29) is 21.1 Å². The number of carbonyl (C=O) groups is 2. The maximum Gasteiger partial charge on any atom is 0.280 e. The van der Waals surface area contributed by atoms with Crippen LogP contribution in [0.1, 0.15) is 38.0 Å². The number of rotatable bonds is 6. The summed E-state index contributed by atoms with van der Waals surface area (Å²) in [6, 6.07) is 6.09. The Labute approximate surface area is 199 Å². The molecule has 5 rings (SSSR count). The van der Waals surface area contributed by atoms with E-state index in [1.807, 2.05) is 0 Å². The Morgan fingerprint density at radius 3 is 2.71 bits per heavy atom. The van der Waals surface area contributed by atoms with Crippen LogP contribution in [0.5, 0.6) is 0 Å². The second kappa shape index (κ2) is 8.43. The molecule has 0 atom stereocenters. The molecule has 5 aromatic heterocycles. The minimum absolute atomic E-state index is 0.0161. The molecule has 10 nitrogen and oxygen atoms in total. The molecule has 13 heteroatoms. The summed E-state index contributed by atoms with van der Waals surface area (Å²) >= 11 is 0.821. The van der Waals surface area contributed by atoms with E-state index in [0.717, 1.165) is 11.3 Å². The van der Waals surface area contributed by atoms with Crippen molar-refractivity contribution in [1.82, 2.24) is 25.0 Å². The zero-order valence-electron chi connectivity index (χ0n) is 18.3. The van der Waals surface area contributed by atoms with Gasteiger partial charge in [0.05, 0.1) is 17.6 Å². The number of nitrogens with one attached hydrogen (secondary N) is 2. The maximum atomic E-state index is 13.7. The molecule has 0 saturated heterocycles. The number of fused-ring (bicyclic) bond motifs is 1. The summed E-state index contributed by atoms with van der Waals surface area (Å²) in [6.45, 7) is 1.73. The van der Waals surface area contributed by atoms with Crippen molar-refractivity contribution in [3.8, 4) is 22.6 Å². The average molecular weight is 497 g/mol. The van der Waals surface area contributed by atoms with E-state index in [0.29, 0.717) is 33.7 Å². The van der Waals surface area contributed by atoms with Crippen molar-refractivity contribution in [3.05, 3.63) is 58.7 Å². The number of pyridine rings is 1. The number of anilines is 1. The molecule has 0 unspecified atom stereocenters. The van der Waals surface area contributed by atoms with E-state index in [9.17, 15) is 18.4 Å². The van der Waals surface area contributed by atoms with Crippen LogP contribution in [0.4, 0.5) is 14.5 Å². The van der Waals surface area contributed by atoms with Gasteiger partial charge in [0.2, 0.25) is 0 Å². The Balaban J connectivity index is 1.67. The fourth-order valence-corrected chi connectivity index (χ4v) is 4.79. The summed E-state index contributed by atoms with van der Waals surface area (Å²) in [6.07, 6.45) is 0.293. The van der Waals surface area contributed by atoms with Crippen LogP contribution in [0.2, 0.25) is 0 Å². The predicted molar refractivity (Wildman–Crippen MR) is 124 cm³/mol. The van der Waals surface area contributed by atoms with Gasteiger partial charge in [0.15, 0.2) is 11.5 Å². The summed E-state index contributed by atoms with van der Waals surface area (Å²) < 4.78 is 34.1. The van der Waals surface area contributed by atoms with Gasteiger partial charge in [0, 0.05) is 30.3 Å². The lowest BCUT2D eigenvalue weighted by Gasteiger charge is -2.10. The number of thiophene rings is 1. The van der Waals surface area contributed by atoms with Gasteiger partial charge in [0.1, 0.15) is 21.1 Å². The molecule has 0 aromatic carbocycles. The number of alkyl halides is 2. The molecule has 0 saturated carbocycles.